The van der Waals surface area contributed by atoms with Crippen LogP contribution in [0.15, 0.2) is 24.5 Å². The molecule has 0 unspecified atom stereocenters. The second-order valence-electron chi connectivity index (χ2n) is 4.71. The number of rotatable bonds is 5. The molecule has 1 atom stereocenters. The highest BCUT2D eigenvalue weighted by Crippen LogP contribution is 2.20. The standard InChI is InChI=1S/C14H17FN4O/c1-3-4-9(2)12-7-13(19-18-12)17-14(20)10-5-6-16-8-11(10)15/h5-9H,3-4H2,1-2H3,(H2,17,18,19,20)/t9-/m0/s1. The number of aromatic amines is 1. The van der Waals surface area contributed by atoms with Gasteiger partial charge in [-0.15, -0.1) is 0 Å². The minimum Gasteiger partial charge on any atom is -0.305 e. The molecular weight excluding hydrogens is 259 g/mol. The summed E-state index contributed by atoms with van der Waals surface area (Å²) in [6.07, 6.45) is 4.49. The highest BCUT2D eigenvalue weighted by Gasteiger charge is 2.14. The van der Waals surface area contributed by atoms with Crippen LogP contribution in [-0.2, 0) is 0 Å². The topological polar surface area (TPSA) is 70.7 Å². The van der Waals surface area contributed by atoms with Gasteiger partial charge in [-0.2, -0.15) is 5.10 Å². The summed E-state index contributed by atoms with van der Waals surface area (Å²) >= 11 is 0. The first kappa shape index (κ1) is 14.2. The molecule has 2 aromatic heterocycles. The molecule has 20 heavy (non-hydrogen) atoms. The molecule has 0 aromatic carbocycles. The van der Waals surface area contributed by atoms with Gasteiger partial charge < -0.3 is 5.32 Å². The number of aromatic nitrogens is 3. The number of hydrogen-bond acceptors (Lipinski definition) is 3. The maximum Gasteiger partial charge on any atom is 0.259 e. The summed E-state index contributed by atoms with van der Waals surface area (Å²) in [5.41, 5.74) is 0.906. The lowest BCUT2D eigenvalue weighted by Crippen LogP contribution is -2.14. The molecule has 2 rings (SSSR count). The maximum absolute atomic E-state index is 13.4. The van der Waals surface area contributed by atoms with Gasteiger partial charge in [0, 0.05) is 18.0 Å². The number of pyridine rings is 1. The van der Waals surface area contributed by atoms with Gasteiger partial charge in [0.15, 0.2) is 11.6 Å². The van der Waals surface area contributed by atoms with Crippen molar-refractivity contribution < 1.29 is 9.18 Å². The van der Waals surface area contributed by atoms with Crippen LogP contribution in [0.5, 0.6) is 0 Å². The summed E-state index contributed by atoms with van der Waals surface area (Å²) in [4.78, 5) is 15.5. The second kappa shape index (κ2) is 6.27. The normalized spacial score (nSPS) is 12.2. The van der Waals surface area contributed by atoms with E-state index in [-0.39, 0.29) is 5.56 Å². The van der Waals surface area contributed by atoms with Crippen molar-refractivity contribution in [2.24, 2.45) is 0 Å². The number of amides is 1. The zero-order chi connectivity index (χ0) is 14.5. The van der Waals surface area contributed by atoms with Crippen molar-refractivity contribution in [3.05, 3.63) is 41.6 Å². The number of halogens is 1. The molecule has 2 aromatic rings. The van der Waals surface area contributed by atoms with E-state index >= 15 is 0 Å². The predicted octanol–water partition coefficient (Wildman–Crippen LogP) is 3.10. The summed E-state index contributed by atoms with van der Waals surface area (Å²) in [5.74, 6) is -0.453. The van der Waals surface area contributed by atoms with E-state index in [1.54, 1.807) is 6.07 Å². The molecule has 0 spiro atoms. The number of nitrogens with one attached hydrogen (secondary N) is 2. The van der Waals surface area contributed by atoms with Crippen molar-refractivity contribution >= 4 is 11.7 Å². The molecule has 5 nitrogen and oxygen atoms in total. The Morgan fingerprint density at radius 3 is 3.05 bits per heavy atom. The summed E-state index contributed by atoms with van der Waals surface area (Å²) in [5, 5.41) is 9.48. The fourth-order valence-corrected chi connectivity index (χ4v) is 1.98. The Labute approximate surface area is 116 Å². The van der Waals surface area contributed by atoms with Gasteiger partial charge in [0.2, 0.25) is 0 Å². The number of carbonyl (C=O) groups excluding carboxylic acids is 1. The largest absolute Gasteiger partial charge is 0.305 e. The molecule has 106 valence electrons. The lowest BCUT2D eigenvalue weighted by molar-refractivity contribution is 0.102. The van der Waals surface area contributed by atoms with Gasteiger partial charge in [-0.1, -0.05) is 20.3 Å². The van der Waals surface area contributed by atoms with Gasteiger partial charge in [0.1, 0.15) is 0 Å². The van der Waals surface area contributed by atoms with Gasteiger partial charge >= 0.3 is 0 Å². The summed E-state index contributed by atoms with van der Waals surface area (Å²) in [6, 6.07) is 3.11. The highest BCUT2D eigenvalue weighted by molar-refractivity contribution is 6.03. The van der Waals surface area contributed by atoms with Crippen LogP contribution in [0.1, 0.15) is 48.7 Å². The van der Waals surface area contributed by atoms with Crippen molar-refractivity contribution in [2.75, 3.05) is 5.32 Å². The molecule has 6 heteroatoms. The van der Waals surface area contributed by atoms with E-state index in [2.05, 4.69) is 34.3 Å². The highest BCUT2D eigenvalue weighted by atomic mass is 19.1. The molecule has 0 saturated heterocycles. The van der Waals surface area contributed by atoms with E-state index in [4.69, 9.17) is 0 Å². The summed E-state index contributed by atoms with van der Waals surface area (Å²) in [6.45, 7) is 4.20. The summed E-state index contributed by atoms with van der Waals surface area (Å²) < 4.78 is 13.4. The number of H-pyrrole nitrogens is 1. The first-order valence-corrected chi connectivity index (χ1v) is 6.58. The van der Waals surface area contributed by atoms with E-state index in [1.807, 2.05) is 0 Å². The third-order valence-electron chi connectivity index (χ3n) is 3.11. The Morgan fingerprint density at radius 2 is 2.35 bits per heavy atom. The Morgan fingerprint density at radius 1 is 1.55 bits per heavy atom. The molecular formula is C14H17FN4O. The van der Waals surface area contributed by atoms with Gasteiger partial charge in [-0.05, 0) is 18.4 Å². The zero-order valence-corrected chi connectivity index (χ0v) is 11.5. The first-order chi connectivity index (χ1) is 9.61. The number of nitrogens with zero attached hydrogens (tertiary/aromatic N) is 2. The average Bonchev–Trinajstić information content (AvgIpc) is 2.88. The molecule has 2 N–H and O–H groups in total. The van der Waals surface area contributed by atoms with Crippen LogP contribution in [0.3, 0.4) is 0 Å². The minimum absolute atomic E-state index is 0.0499. The molecule has 0 aliphatic carbocycles. The quantitative estimate of drug-likeness (QED) is 0.881. The monoisotopic (exact) mass is 276 g/mol. The SMILES string of the molecule is CCC[C@H](C)c1cc(NC(=O)c2ccncc2F)n[nH]1. The van der Waals surface area contributed by atoms with Crippen LogP contribution in [0.2, 0.25) is 0 Å². The van der Waals surface area contributed by atoms with Crippen LogP contribution in [0, 0.1) is 5.82 Å². The molecule has 0 aliphatic rings. The molecule has 1 amide bonds. The van der Waals surface area contributed by atoms with Crippen LogP contribution >= 0.6 is 0 Å². The van der Waals surface area contributed by atoms with Crippen molar-refractivity contribution in [1.82, 2.24) is 15.2 Å². The minimum atomic E-state index is -0.653. The summed E-state index contributed by atoms with van der Waals surface area (Å²) in [7, 11) is 0. The van der Waals surface area contributed by atoms with Gasteiger partial charge in [-0.25, -0.2) is 4.39 Å². The van der Waals surface area contributed by atoms with E-state index in [1.165, 1.54) is 12.3 Å². The molecule has 0 aliphatic heterocycles. The fraction of sp³-hybridized carbons (Fsp3) is 0.357. The van der Waals surface area contributed by atoms with E-state index in [9.17, 15) is 9.18 Å². The zero-order valence-electron chi connectivity index (χ0n) is 11.5. The van der Waals surface area contributed by atoms with Gasteiger partial charge in [0.05, 0.1) is 11.8 Å². The molecule has 0 radical (unpaired) electrons. The van der Waals surface area contributed by atoms with Crippen molar-refractivity contribution in [1.29, 1.82) is 0 Å². The van der Waals surface area contributed by atoms with E-state index in [0.29, 0.717) is 11.7 Å². The van der Waals surface area contributed by atoms with Crippen LogP contribution in [0.4, 0.5) is 10.2 Å². The average molecular weight is 276 g/mol. The first-order valence-electron chi connectivity index (χ1n) is 6.58. The van der Waals surface area contributed by atoms with Gasteiger partial charge in [-0.3, -0.25) is 14.9 Å². The molecule has 0 fully saturated rings. The number of hydrogen-bond donors (Lipinski definition) is 2. The second-order valence-corrected chi connectivity index (χ2v) is 4.71. The van der Waals surface area contributed by atoms with Crippen molar-refractivity contribution in [3.8, 4) is 0 Å². The lowest BCUT2D eigenvalue weighted by Gasteiger charge is -2.05. The third kappa shape index (κ3) is 3.20. The third-order valence-corrected chi connectivity index (χ3v) is 3.11. The maximum atomic E-state index is 13.4. The molecule has 0 saturated carbocycles. The Balaban J connectivity index is 2.07. The van der Waals surface area contributed by atoms with Crippen molar-refractivity contribution in [3.63, 3.8) is 0 Å². The number of carbonyl (C=O) groups is 1. The van der Waals surface area contributed by atoms with Crippen LogP contribution in [-0.4, -0.2) is 21.1 Å². The van der Waals surface area contributed by atoms with Gasteiger partial charge in [0.25, 0.3) is 5.91 Å². The van der Waals surface area contributed by atoms with Crippen molar-refractivity contribution in [2.45, 2.75) is 32.6 Å². The Bertz CT molecular complexity index is 596. The lowest BCUT2D eigenvalue weighted by atomic mass is 10.0. The van der Waals surface area contributed by atoms with Crippen LogP contribution < -0.4 is 5.32 Å². The van der Waals surface area contributed by atoms with E-state index < -0.39 is 11.7 Å². The number of anilines is 1. The fourth-order valence-electron chi connectivity index (χ4n) is 1.98. The predicted molar refractivity (Wildman–Crippen MR) is 74.1 cm³/mol. The van der Waals surface area contributed by atoms with Crippen LogP contribution in [0.25, 0.3) is 0 Å². The van der Waals surface area contributed by atoms with E-state index in [0.717, 1.165) is 24.7 Å². The smallest absolute Gasteiger partial charge is 0.259 e. The molecule has 2 heterocycles. The Hall–Kier alpha value is -2.24. The Kier molecular flexibility index (Phi) is 4.45. The molecule has 0 bridgehead atoms.